The Morgan fingerprint density at radius 1 is 1.33 bits per heavy atom. The van der Waals surface area contributed by atoms with Gasteiger partial charge in [0.2, 0.25) is 5.91 Å². The lowest BCUT2D eigenvalue weighted by Gasteiger charge is -2.31. The highest BCUT2D eigenvalue weighted by atomic mass is 19.1. The molecule has 1 aromatic rings. The van der Waals surface area contributed by atoms with E-state index < -0.39 is 0 Å². The number of amides is 1. The number of likely N-dealkylation sites (tertiary alicyclic amines) is 1. The van der Waals surface area contributed by atoms with Gasteiger partial charge in [0, 0.05) is 24.8 Å². The second kappa shape index (κ2) is 8.10. The van der Waals surface area contributed by atoms with Crippen molar-refractivity contribution in [1.82, 2.24) is 4.90 Å². The van der Waals surface area contributed by atoms with Crippen LogP contribution in [-0.4, -0.2) is 43.7 Å². The fourth-order valence-electron chi connectivity index (χ4n) is 2.53. The summed E-state index contributed by atoms with van der Waals surface area (Å²) in [5, 5.41) is 2.86. The first-order chi connectivity index (χ1) is 10.2. The van der Waals surface area contributed by atoms with E-state index in [1.165, 1.54) is 12.1 Å². The van der Waals surface area contributed by atoms with Gasteiger partial charge in [-0.1, -0.05) is 0 Å². The third kappa shape index (κ3) is 5.10. The number of rotatable bonds is 6. The summed E-state index contributed by atoms with van der Waals surface area (Å²) in [6.45, 7) is 6.27. The molecule has 1 fully saturated rings. The molecule has 1 N–H and O–H groups in total. The standard InChI is InChI=1S/C16H23FN2O2/c1-2-21-12-11-19-9-7-13(8-10-19)16(20)18-15-5-3-14(17)4-6-15/h3-6,13H,2,7-12H2,1H3,(H,18,20). The predicted molar refractivity (Wildman–Crippen MR) is 80.7 cm³/mol. The van der Waals surface area contributed by atoms with Crippen LogP contribution in [0.15, 0.2) is 24.3 Å². The second-order valence-corrected chi connectivity index (χ2v) is 5.31. The highest BCUT2D eigenvalue weighted by Gasteiger charge is 2.24. The summed E-state index contributed by atoms with van der Waals surface area (Å²) < 4.78 is 18.2. The molecule has 5 heteroatoms. The Labute approximate surface area is 125 Å². The van der Waals surface area contributed by atoms with Gasteiger partial charge >= 0.3 is 0 Å². The van der Waals surface area contributed by atoms with Crippen LogP contribution in [0.4, 0.5) is 10.1 Å². The van der Waals surface area contributed by atoms with Crippen LogP contribution in [0.2, 0.25) is 0 Å². The van der Waals surface area contributed by atoms with Crippen molar-refractivity contribution in [1.29, 1.82) is 0 Å². The maximum Gasteiger partial charge on any atom is 0.227 e. The van der Waals surface area contributed by atoms with Crippen LogP contribution in [0.3, 0.4) is 0 Å². The highest BCUT2D eigenvalue weighted by Crippen LogP contribution is 2.19. The van der Waals surface area contributed by atoms with E-state index in [0.29, 0.717) is 5.69 Å². The van der Waals surface area contributed by atoms with Crippen LogP contribution < -0.4 is 5.32 Å². The third-order valence-electron chi connectivity index (χ3n) is 3.83. The Kier molecular flexibility index (Phi) is 6.14. The van der Waals surface area contributed by atoms with E-state index in [4.69, 9.17) is 4.74 Å². The van der Waals surface area contributed by atoms with Crippen molar-refractivity contribution in [3.63, 3.8) is 0 Å². The number of piperidine rings is 1. The van der Waals surface area contributed by atoms with Crippen molar-refractivity contribution in [3.05, 3.63) is 30.1 Å². The molecule has 0 aromatic heterocycles. The minimum atomic E-state index is -0.296. The minimum absolute atomic E-state index is 0.0334. The summed E-state index contributed by atoms with van der Waals surface area (Å²) in [5.74, 6) is -0.222. The number of ether oxygens (including phenoxy) is 1. The second-order valence-electron chi connectivity index (χ2n) is 5.31. The highest BCUT2D eigenvalue weighted by molar-refractivity contribution is 5.92. The summed E-state index contributed by atoms with van der Waals surface area (Å²) in [4.78, 5) is 14.5. The van der Waals surface area contributed by atoms with E-state index in [0.717, 1.165) is 45.7 Å². The fourth-order valence-corrected chi connectivity index (χ4v) is 2.53. The molecule has 21 heavy (non-hydrogen) atoms. The molecular weight excluding hydrogens is 271 g/mol. The molecular formula is C16H23FN2O2. The number of nitrogens with one attached hydrogen (secondary N) is 1. The first kappa shape index (κ1) is 15.9. The Morgan fingerprint density at radius 2 is 2.00 bits per heavy atom. The average Bonchev–Trinajstić information content (AvgIpc) is 2.50. The fraction of sp³-hybridized carbons (Fsp3) is 0.562. The molecule has 0 aliphatic carbocycles. The number of hydrogen-bond acceptors (Lipinski definition) is 3. The van der Waals surface area contributed by atoms with Crippen LogP contribution >= 0.6 is 0 Å². The Bertz CT molecular complexity index is 442. The van der Waals surface area contributed by atoms with Crippen molar-refractivity contribution < 1.29 is 13.9 Å². The number of carbonyl (C=O) groups excluding carboxylic acids is 1. The Morgan fingerprint density at radius 3 is 2.62 bits per heavy atom. The normalized spacial score (nSPS) is 16.9. The zero-order valence-electron chi connectivity index (χ0n) is 12.5. The van der Waals surface area contributed by atoms with Crippen LogP contribution in [-0.2, 0) is 9.53 Å². The first-order valence-electron chi connectivity index (χ1n) is 7.55. The monoisotopic (exact) mass is 294 g/mol. The average molecular weight is 294 g/mol. The molecule has 0 atom stereocenters. The number of nitrogens with zero attached hydrogens (tertiary/aromatic N) is 1. The molecule has 1 saturated heterocycles. The van der Waals surface area contributed by atoms with Crippen LogP contribution in [0, 0.1) is 11.7 Å². The minimum Gasteiger partial charge on any atom is -0.380 e. The summed E-state index contributed by atoms with van der Waals surface area (Å²) in [7, 11) is 0. The molecule has 0 bridgehead atoms. The largest absolute Gasteiger partial charge is 0.380 e. The van der Waals surface area contributed by atoms with Crippen molar-refractivity contribution in [2.75, 3.05) is 38.2 Å². The number of anilines is 1. The topological polar surface area (TPSA) is 41.6 Å². The van der Waals surface area contributed by atoms with Gasteiger partial charge in [-0.3, -0.25) is 4.79 Å². The molecule has 0 unspecified atom stereocenters. The number of carbonyl (C=O) groups is 1. The molecule has 4 nitrogen and oxygen atoms in total. The van der Waals surface area contributed by atoms with Crippen molar-refractivity contribution in [3.8, 4) is 0 Å². The summed E-state index contributed by atoms with van der Waals surface area (Å²) >= 11 is 0. The maximum absolute atomic E-state index is 12.8. The first-order valence-corrected chi connectivity index (χ1v) is 7.55. The van der Waals surface area contributed by atoms with Gasteiger partial charge < -0.3 is 15.0 Å². The summed E-state index contributed by atoms with van der Waals surface area (Å²) in [6.07, 6.45) is 1.72. The van der Waals surface area contributed by atoms with Gasteiger partial charge in [-0.25, -0.2) is 4.39 Å². The van der Waals surface area contributed by atoms with Crippen molar-refractivity contribution in [2.45, 2.75) is 19.8 Å². The lowest BCUT2D eigenvalue weighted by molar-refractivity contribution is -0.121. The zero-order chi connectivity index (χ0) is 15.1. The van der Waals surface area contributed by atoms with E-state index >= 15 is 0 Å². The molecule has 2 rings (SSSR count). The van der Waals surface area contributed by atoms with E-state index in [-0.39, 0.29) is 17.6 Å². The Balaban J connectivity index is 1.74. The molecule has 0 saturated carbocycles. The number of halogens is 1. The smallest absolute Gasteiger partial charge is 0.227 e. The van der Waals surface area contributed by atoms with E-state index in [2.05, 4.69) is 10.2 Å². The maximum atomic E-state index is 12.8. The third-order valence-corrected chi connectivity index (χ3v) is 3.83. The van der Waals surface area contributed by atoms with Gasteiger partial charge in [0.05, 0.1) is 6.61 Å². The van der Waals surface area contributed by atoms with Gasteiger partial charge in [0.15, 0.2) is 0 Å². The zero-order valence-corrected chi connectivity index (χ0v) is 12.5. The molecule has 0 spiro atoms. The van der Waals surface area contributed by atoms with Gasteiger partial charge in [0.25, 0.3) is 0 Å². The SMILES string of the molecule is CCOCCN1CCC(C(=O)Nc2ccc(F)cc2)CC1. The molecule has 116 valence electrons. The van der Waals surface area contributed by atoms with E-state index in [1.54, 1.807) is 12.1 Å². The van der Waals surface area contributed by atoms with E-state index in [1.807, 2.05) is 6.92 Å². The van der Waals surface area contributed by atoms with Crippen molar-refractivity contribution in [2.24, 2.45) is 5.92 Å². The van der Waals surface area contributed by atoms with Gasteiger partial charge in [-0.05, 0) is 57.1 Å². The van der Waals surface area contributed by atoms with Gasteiger partial charge in [-0.15, -0.1) is 0 Å². The molecule has 0 radical (unpaired) electrons. The van der Waals surface area contributed by atoms with Crippen molar-refractivity contribution >= 4 is 11.6 Å². The summed E-state index contributed by atoms with van der Waals surface area (Å²) in [6, 6.07) is 5.88. The summed E-state index contributed by atoms with van der Waals surface area (Å²) in [5.41, 5.74) is 0.653. The molecule has 1 amide bonds. The quantitative estimate of drug-likeness (QED) is 0.820. The predicted octanol–water partition coefficient (Wildman–Crippen LogP) is 2.51. The van der Waals surface area contributed by atoms with Crippen LogP contribution in [0.1, 0.15) is 19.8 Å². The van der Waals surface area contributed by atoms with Gasteiger partial charge in [-0.2, -0.15) is 0 Å². The lowest BCUT2D eigenvalue weighted by atomic mass is 9.96. The van der Waals surface area contributed by atoms with Crippen LogP contribution in [0.5, 0.6) is 0 Å². The van der Waals surface area contributed by atoms with Gasteiger partial charge in [0.1, 0.15) is 5.82 Å². The number of hydrogen-bond donors (Lipinski definition) is 1. The van der Waals surface area contributed by atoms with E-state index in [9.17, 15) is 9.18 Å². The molecule has 1 aromatic carbocycles. The number of benzene rings is 1. The van der Waals surface area contributed by atoms with Crippen LogP contribution in [0.25, 0.3) is 0 Å². The molecule has 1 aliphatic rings. The molecule has 1 aliphatic heterocycles. The Hall–Kier alpha value is -1.46. The lowest BCUT2D eigenvalue weighted by Crippen LogP contribution is -2.39. The molecule has 1 heterocycles.